The molecule has 30 heavy (non-hydrogen) atoms. The summed E-state index contributed by atoms with van der Waals surface area (Å²) in [5.41, 5.74) is 1.83. The van der Waals surface area contributed by atoms with Crippen LogP contribution in [0.3, 0.4) is 0 Å². The van der Waals surface area contributed by atoms with Gasteiger partial charge in [-0.1, -0.05) is 36.7 Å². The topological polar surface area (TPSA) is 72.3 Å². The summed E-state index contributed by atoms with van der Waals surface area (Å²) in [7, 11) is -3.06. The Morgan fingerprint density at radius 2 is 2.13 bits per heavy atom. The van der Waals surface area contributed by atoms with Crippen molar-refractivity contribution < 1.29 is 13.2 Å². The number of carbonyl (C=O) groups is 1. The predicted molar refractivity (Wildman–Crippen MR) is 121 cm³/mol. The molecule has 1 unspecified atom stereocenters. The van der Waals surface area contributed by atoms with Gasteiger partial charge in [-0.15, -0.1) is 11.3 Å². The highest BCUT2D eigenvalue weighted by Gasteiger charge is 2.35. The van der Waals surface area contributed by atoms with Crippen LogP contribution in [0.2, 0.25) is 5.02 Å². The Balaban J connectivity index is 1.65. The average molecular weight is 466 g/mol. The number of benzene rings is 1. The van der Waals surface area contributed by atoms with Crippen molar-refractivity contribution in [1.29, 1.82) is 0 Å². The Labute approximate surface area is 185 Å². The molecule has 1 saturated heterocycles. The molecular weight excluding hydrogens is 442 g/mol. The quantitative estimate of drug-likeness (QED) is 0.548. The van der Waals surface area contributed by atoms with Gasteiger partial charge in [0.2, 0.25) is 0 Å². The van der Waals surface area contributed by atoms with Gasteiger partial charge in [-0.2, -0.15) is 5.10 Å². The van der Waals surface area contributed by atoms with E-state index < -0.39 is 9.84 Å². The standard InChI is InChI=1S/C21H24ClN3O3S2/c1-3-9-24(16-8-10-30(27,28)13-16)20(26)19-11-17-14(2)23-25(21(17)29-19)12-15-6-4-5-7-18(15)22/h4-7,11,16H,3,8-10,12-13H2,1-2H3. The minimum absolute atomic E-state index is 0.0585. The molecule has 4 rings (SSSR count). The van der Waals surface area contributed by atoms with Gasteiger partial charge in [0.1, 0.15) is 4.83 Å². The summed E-state index contributed by atoms with van der Waals surface area (Å²) in [4.78, 5) is 16.6. The lowest BCUT2D eigenvalue weighted by molar-refractivity contribution is 0.0702. The summed E-state index contributed by atoms with van der Waals surface area (Å²) in [6.45, 7) is 5.01. The van der Waals surface area contributed by atoms with Gasteiger partial charge in [0.05, 0.1) is 28.6 Å². The van der Waals surface area contributed by atoms with Crippen molar-refractivity contribution >= 4 is 48.9 Å². The van der Waals surface area contributed by atoms with Gasteiger partial charge in [0.15, 0.2) is 9.84 Å². The fraction of sp³-hybridized carbons (Fsp3) is 0.429. The van der Waals surface area contributed by atoms with E-state index in [0.717, 1.165) is 27.9 Å². The first-order chi connectivity index (χ1) is 14.3. The third kappa shape index (κ3) is 4.13. The summed E-state index contributed by atoms with van der Waals surface area (Å²) >= 11 is 7.72. The molecule has 1 aliphatic heterocycles. The molecule has 160 valence electrons. The second-order valence-electron chi connectivity index (χ2n) is 7.72. The van der Waals surface area contributed by atoms with E-state index in [1.807, 2.05) is 48.9 Å². The van der Waals surface area contributed by atoms with Crippen LogP contribution in [-0.2, 0) is 16.4 Å². The minimum atomic E-state index is -3.06. The highest BCUT2D eigenvalue weighted by Crippen LogP contribution is 2.31. The largest absolute Gasteiger partial charge is 0.334 e. The van der Waals surface area contributed by atoms with Gasteiger partial charge in [-0.25, -0.2) is 8.42 Å². The highest BCUT2D eigenvalue weighted by atomic mass is 35.5. The van der Waals surface area contributed by atoms with Crippen molar-refractivity contribution in [1.82, 2.24) is 14.7 Å². The number of hydrogen-bond donors (Lipinski definition) is 0. The maximum absolute atomic E-state index is 13.3. The van der Waals surface area contributed by atoms with Crippen LogP contribution in [0.1, 0.15) is 40.7 Å². The first-order valence-electron chi connectivity index (χ1n) is 10.0. The van der Waals surface area contributed by atoms with Crippen LogP contribution in [0.4, 0.5) is 0 Å². The van der Waals surface area contributed by atoms with E-state index in [9.17, 15) is 13.2 Å². The lowest BCUT2D eigenvalue weighted by Gasteiger charge is -2.27. The number of sulfone groups is 1. The summed E-state index contributed by atoms with van der Waals surface area (Å²) in [5.74, 6) is 0.121. The number of aryl methyl sites for hydroxylation is 1. The van der Waals surface area contributed by atoms with Crippen LogP contribution in [0, 0.1) is 6.92 Å². The highest BCUT2D eigenvalue weighted by molar-refractivity contribution is 7.91. The van der Waals surface area contributed by atoms with Crippen molar-refractivity contribution in [2.24, 2.45) is 0 Å². The number of aromatic nitrogens is 2. The van der Waals surface area contributed by atoms with Gasteiger partial charge in [0, 0.05) is 23.0 Å². The van der Waals surface area contributed by atoms with Crippen LogP contribution in [0.5, 0.6) is 0 Å². The third-order valence-electron chi connectivity index (χ3n) is 5.47. The number of hydrogen-bond acceptors (Lipinski definition) is 5. The molecule has 1 amide bonds. The number of amides is 1. The van der Waals surface area contributed by atoms with Crippen molar-refractivity contribution in [3.05, 3.63) is 51.5 Å². The second kappa shape index (κ2) is 8.32. The van der Waals surface area contributed by atoms with Gasteiger partial charge < -0.3 is 4.90 Å². The van der Waals surface area contributed by atoms with Crippen LogP contribution < -0.4 is 0 Å². The van der Waals surface area contributed by atoms with Crippen molar-refractivity contribution in [3.63, 3.8) is 0 Å². The van der Waals surface area contributed by atoms with Gasteiger partial charge in [-0.3, -0.25) is 9.48 Å². The minimum Gasteiger partial charge on any atom is -0.334 e. The van der Waals surface area contributed by atoms with Crippen molar-refractivity contribution in [2.45, 2.75) is 39.3 Å². The smallest absolute Gasteiger partial charge is 0.264 e. The van der Waals surface area contributed by atoms with Gasteiger partial charge in [0.25, 0.3) is 5.91 Å². The van der Waals surface area contributed by atoms with E-state index in [2.05, 4.69) is 5.10 Å². The molecule has 1 atom stereocenters. The molecule has 2 aromatic heterocycles. The van der Waals surface area contributed by atoms with Crippen LogP contribution in [0.25, 0.3) is 10.2 Å². The lowest BCUT2D eigenvalue weighted by atomic mass is 10.2. The maximum Gasteiger partial charge on any atom is 0.264 e. The Kier molecular flexibility index (Phi) is 5.92. The Bertz CT molecular complexity index is 1200. The zero-order valence-corrected chi connectivity index (χ0v) is 19.4. The molecule has 3 aromatic rings. The number of rotatable bonds is 6. The predicted octanol–water partition coefficient (Wildman–Crippen LogP) is 4.15. The van der Waals surface area contributed by atoms with Gasteiger partial charge >= 0.3 is 0 Å². The normalized spacial score (nSPS) is 18.2. The number of nitrogens with zero attached hydrogens (tertiary/aromatic N) is 3. The Morgan fingerprint density at radius 1 is 1.37 bits per heavy atom. The molecular formula is C21H24ClN3O3S2. The molecule has 0 bridgehead atoms. The second-order valence-corrected chi connectivity index (χ2v) is 11.4. The van der Waals surface area contributed by atoms with Crippen LogP contribution in [0.15, 0.2) is 30.3 Å². The van der Waals surface area contributed by atoms with E-state index in [4.69, 9.17) is 11.6 Å². The zero-order chi connectivity index (χ0) is 21.5. The molecule has 0 radical (unpaired) electrons. The summed E-state index contributed by atoms with van der Waals surface area (Å²) in [6.07, 6.45) is 1.30. The number of fused-ring (bicyclic) bond motifs is 1. The average Bonchev–Trinajstić information content (AvgIpc) is 3.37. The Hall–Kier alpha value is -1.90. The molecule has 3 heterocycles. The fourth-order valence-electron chi connectivity index (χ4n) is 3.97. The summed E-state index contributed by atoms with van der Waals surface area (Å²) < 4.78 is 25.8. The van der Waals surface area contributed by atoms with E-state index >= 15 is 0 Å². The summed E-state index contributed by atoms with van der Waals surface area (Å²) in [5, 5.41) is 6.26. The van der Waals surface area contributed by atoms with Gasteiger partial charge in [-0.05, 0) is 37.5 Å². The van der Waals surface area contributed by atoms with E-state index in [-0.39, 0.29) is 23.5 Å². The van der Waals surface area contributed by atoms with E-state index in [1.165, 1.54) is 11.3 Å². The molecule has 1 aromatic carbocycles. The first-order valence-corrected chi connectivity index (χ1v) is 13.0. The molecule has 1 fully saturated rings. The molecule has 0 spiro atoms. The zero-order valence-electron chi connectivity index (χ0n) is 17.0. The molecule has 0 saturated carbocycles. The van der Waals surface area contributed by atoms with E-state index in [1.54, 1.807) is 4.90 Å². The molecule has 0 N–H and O–H groups in total. The lowest BCUT2D eigenvalue weighted by Crippen LogP contribution is -2.41. The molecule has 6 nitrogen and oxygen atoms in total. The number of thiophene rings is 1. The van der Waals surface area contributed by atoms with E-state index in [0.29, 0.717) is 29.4 Å². The number of carbonyl (C=O) groups excluding carboxylic acids is 1. The first kappa shape index (κ1) is 21.3. The van der Waals surface area contributed by atoms with Crippen molar-refractivity contribution in [2.75, 3.05) is 18.1 Å². The Morgan fingerprint density at radius 3 is 2.80 bits per heavy atom. The van der Waals surface area contributed by atoms with Crippen LogP contribution >= 0.6 is 22.9 Å². The molecule has 9 heteroatoms. The SMILES string of the molecule is CCCN(C(=O)c1cc2c(C)nn(Cc3ccccc3Cl)c2s1)C1CCS(=O)(=O)C1. The van der Waals surface area contributed by atoms with Crippen molar-refractivity contribution in [3.8, 4) is 0 Å². The monoisotopic (exact) mass is 465 g/mol. The summed E-state index contributed by atoms with van der Waals surface area (Å²) in [6, 6.07) is 9.30. The third-order valence-corrected chi connectivity index (χ3v) is 8.73. The molecule has 0 aliphatic carbocycles. The van der Waals surface area contributed by atoms with Crippen LogP contribution in [-0.4, -0.2) is 53.1 Å². The molecule has 1 aliphatic rings. The number of halogens is 1. The maximum atomic E-state index is 13.3. The fourth-order valence-corrected chi connectivity index (χ4v) is 7.01.